The normalized spacial score (nSPS) is 4.80. The average Bonchev–Trinajstić information content (AvgIpc) is 1.46. The van der Waals surface area contributed by atoms with E-state index in [2.05, 4.69) is 23.3 Å². The second kappa shape index (κ2) is 25.4. The van der Waals surface area contributed by atoms with Crippen molar-refractivity contribution in [3.8, 4) is 0 Å². The van der Waals surface area contributed by atoms with E-state index in [4.69, 9.17) is 0 Å². The summed E-state index contributed by atoms with van der Waals surface area (Å²) in [5.74, 6) is 0. The Balaban J connectivity index is 0. The number of rotatable bonds is 0. The topological polar surface area (TPSA) is 0 Å². The van der Waals surface area contributed by atoms with Gasteiger partial charge in [0.15, 0.2) is 0 Å². The fraction of sp³-hybridized carbons (Fsp3) is 1.00. The highest BCUT2D eigenvalue weighted by atomic mass is 28.2. The van der Waals surface area contributed by atoms with Crippen molar-refractivity contribution in [1.29, 1.82) is 0 Å². The molecule has 0 nitrogen and oxygen atoms in total. The molecule has 0 aliphatic carbocycles. The second-order valence-corrected chi connectivity index (χ2v) is 1.50. The van der Waals surface area contributed by atoms with Crippen LogP contribution in [0.4, 0.5) is 0 Å². The Kier molecular flexibility index (Phi) is 46.1. The fourth-order valence-corrected chi connectivity index (χ4v) is 0. The molecular weight excluding hydrogens is 92.2 g/mol. The lowest BCUT2D eigenvalue weighted by atomic mass is 11.9. The van der Waals surface area contributed by atoms with E-state index in [1.54, 1.807) is 6.55 Å². The van der Waals surface area contributed by atoms with Gasteiger partial charge in [0.2, 0.25) is 0 Å². The van der Waals surface area contributed by atoms with E-state index in [-0.39, 0.29) is 0 Å². The third kappa shape index (κ3) is 140. The molecule has 0 spiro atoms. The summed E-state index contributed by atoms with van der Waals surface area (Å²) in [6, 6.07) is 0. The summed E-state index contributed by atoms with van der Waals surface area (Å²) >= 11 is 0. The van der Waals surface area contributed by atoms with Gasteiger partial charge in [-0.15, -0.1) is 0 Å². The summed E-state index contributed by atoms with van der Waals surface area (Å²) in [4.78, 5) is 0. The summed E-state index contributed by atoms with van der Waals surface area (Å²) in [7, 11) is 4.06. The fourth-order valence-electron chi connectivity index (χ4n) is 0. The van der Waals surface area contributed by atoms with Crippen molar-refractivity contribution in [3.63, 3.8) is 0 Å². The highest BCUT2D eigenvalue weighted by Crippen LogP contribution is 1.36. The quantitative estimate of drug-likeness (QED) is 0.399. The van der Waals surface area contributed by atoms with Crippen LogP contribution in [0.15, 0.2) is 0 Å². The van der Waals surface area contributed by atoms with Crippen molar-refractivity contribution in [2.45, 2.75) is 19.6 Å². The molecule has 0 fully saturated rings. The van der Waals surface area contributed by atoms with E-state index in [0.29, 0.717) is 0 Å². The van der Waals surface area contributed by atoms with Gasteiger partial charge in [-0.3, -0.25) is 0 Å². The first-order valence-electron chi connectivity index (χ1n) is 1.50. The van der Waals surface area contributed by atoms with Crippen molar-refractivity contribution in [1.82, 2.24) is 0 Å². The minimum absolute atomic E-state index is 1.08. The van der Waals surface area contributed by atoms with Gasteiger partial charge in [0, 0.05) is 19.8 Å². The minimum atomic E-state index is 1.08. The van der Waals surface area contributed by atoms with Crippen molar-refractivity contribution < 1.29 is 0 Å². The smallest absolute Gasteiger partial charge is 0.0307 e. The van der Waals surface area contributed by atoms with E-state index in [0.717, 1.165) is 9.52 Å². The van der Waals surface area contributed by atoms with Crippen LogP contribution in [0.2, 0.25) is 19.6 Å². The number of hydrogen-bond donors (Lipinski definition) is 0. The Hall–Kier alpha value is 0.434. The van der Waals surface area contributed by atoms with Gasteiger partial charge in [0.1, 0.15) is 0 Å². The van der Waals surface area contributed by atoms with Crippen LogP contribution in [0.1, 0.15) is 0 Å². The first-order chi connectivity index (χ1) is 2.41. The maximum Gasteiger partial charge on any atom is 0.0307 e. The third-order valence-electron chi connectivity index (χ3n) is 0. The predicted molar refractivity (Wildman–Crippen MR) is 29.1 cm³/mol. The van der Waals surface area contributed by atoms with Crippen LogP contribution in [0, 0.1) is 0 Å². The van der Waals surface area contributed by atoms with Crippen LogP contribution in [-0.4, -0.2) is 19.8 Å². The van der Waals surface area contributed by atoms with Crippen LogP contribution in [0.25, 0.3) is 0 Å². The summed E-state index contributed by atoms with van der Waals surface area (Å²) in [6.07, 6.45) is 0. The molecular formula is C3H9Si2. The minimum Gasteiger partial charge on any atom is -0.0759 e. The molecule has 5 radical (unpaired) electrons. The molecule has 29 valence electrons. The van der Waals surface area contributed by atoms with Gasteiger partial charge in [-0.2, -0.15) is 0 Å². The largest absolute Gasteiger partial charge is 0.0759 e. The van der Waals surface area contributed by atoms with E-state index >= 15 is 0 Å². The predicted octanol–water partition coefficient (Wildman–Crippen LogP) is 0.990. The Labute approximate surface area is 40.2 Å². The summed E-state index contributed by atoms with van der Waals surface area (Å²) in [6.45, 7) is 6.11. The second-order valence-electron chi connectivity index (χ2n) is 0.500. The Morgan fingerprint density at radius 1 is 1.20 bits per heavy atom. The highest BCUT2D eigenvalue weighted by molar-refractivity contribution is 6.31. The van der Waals surface area contributed by atoms with E-state index in [1.807, 2.05) is 0 Å². The molecule has 0 aromatic carbocycles. The molecule has 0 heterocycles. The number of hydrogen-bond acceptors (Lipinski definition) is 0. The molecule has 0 aliphatic heterocycles. The lowest BCUT2D eigenvalue weighted by Gasteiger charge is -1.44. The molecule has 0 aromatic heterocycles. The summed E-state index contributed by atoms with van der Waals surface area (Å²) in [5.41, 5.74) is 0. The Morgan fingerprint density at radius 3 is 1.20 bits per heavy atom. The molecule has 0 unspecified atom stereocenters. The van der Waals surface area contributed by atoms with Crippen LogP contribution in [0.5, 0.6) is 0 Å². The van der Waals surface area contributed by atoms with Crippen molar-refractivity contribution in [2.24, 2.45) is 0 Å². The van der Waals surface area contributed by atoms with E-state index in [1.165, 1.54) is 0 Å². The third-order valence-corrected chi connectivity index (χ3v) is 0. The first-order valence-corrected chi connectivity index (χ1v) is 4.50. The zero-order valence-electron chi connectivity index (χ0n) is 4.00. The zero-order valence-corrected chi connectivity index (χ0v) is 6.00. The molecule has 0 rings (SSSR count). The average molecular weight is 101 g/mol. The van der Waals surface area contributed by atoms with Gasteiger partial charge in [-0.05, 0) is 0 Å². The molecule has 0 bridgehead atoms. The monoisotopic (exact) mass is 101 g/mol. The standard InChI is InChI=1S/C2H6Si.CH3Si/c1-3-2;1-2/h1-2H3;1H3. The van der Waals surface area contributed by atoms with Gasteiger partial charge in [0.25, 0.3) is 0 Å². The van der Waals surface area contributed by atoms with Gasteiger partial charge in [0.05, 0.1) is 0 Å². The van der Waals surface area contributed by atoms with E-state index < -0.39 is 0 Å². The molecule has 0 aliphatic rings. The van der Waals surface area contributed by atoms with Gasteiger partial charge in [-0.25, -0.2) is 0 Å². The summed E-state index contributed by atoms with van der Waals surface area (Å²) < 4.78 is 0. The van der Waals surface area contributed by atoms with Crippen LogP contribution in [-0.2, 0) is 0 Å². The Morgan fingerprint density at radius 2 is 1.20 bits per heavy atom. The lowest BCUT2D eigenvalue weighted by molar-refractivity contribution is 2.14. The molecule has 0 N–H and O–H groups in total. The summed E-state index contributed by atoms with van der Waals surface area (Å²) in [5, 5.41) is 0. The maximum atomic E-state index is 2.97. The van der Waals surface area contributed by atoms with Crippen molar-refractivity contribution in [3.05, 3.63) is 0 Å². The van der Waals surface area contributed by atoms with E-state index in [9.17, 15) is 0 Å². The van der Waals surface area contributed by atoms with Gasteiger partial charge in [-0.1, -0.05) is 19.6 Å². The molecule has 2 heteroatoms. The van der Waals surface area contributed by atoms with Crippen LogP contribution < -0.4 is 0 Å². The molecule has 0 aromatic rings. The van der Waals surface area contributed by atoms with Gasteiger partial charge < -0.3 is 0 Å². The SMILES string of the molecule is C[Si].C[Si]C. The Bertz CT molecular complexity index is 4.85. The highest BCUT2D eigenvalue weighted by Gasteiger charge is 1.39. The van der Waals surface area contributed by atoms with Crippen molar-refractivity contribution in [2.75, 3.05) is 0 Å². The van der Waals surface area contributed by atoms with Gasteiger partial charge >= 0.3 is 0 Å². The molecule has 0 amide bonds. The van der Waals surface area contributed by atoms with Crippen molar-refractivity contribution >= 4 is 19.8 Å². The maximum absolute atomic E-state index is 2.97. The van der Waals surface area contributed by atoms with Crippen LogP contribution >= 0.6 is 0 Å². The molecule has 5 heavy (non-hydrogen) atoms. The molecule has 0 saturated heterocycles. The van der Waals surface area contributed by atoms with Crippen LogP contribution in [0.3, 0.4) is 0 Å². The molecule has 0 saturated carbocycles. The zero-order chi connectivity index (χ0) is 4.71. The lowest BCUT2D eigenvalue weighted by Crippen LogP contribution is -1.53. The first kappa shape index (κ1) is 9.06. The molecule has 0 atom stereocenters.